The van der Waals surface area contributed by atoms with Gasteiger partial charge in [-0.05, 0) is 66.1 Å². The molecule has 1 aromatic heterocycles. The van der Waals surface area contributed by atoms with E-state index in [4.69, 9.17) is 0 Å². The molecule has 1 atom stereocenters. The molecular weight excluding hydrogens is 404 g/mol. The number of aryl methyl sites for hydroxylation is 1. The second-order valence-electron chi connectivity index (χ2n) is 7.07. The molecule has 5 nitrogen and oxygen atoms in total. The van der Waals surface area contributed by atoms with Gasteiger partial charge in [-0.1, -0.05) is 30.3 Å². The van der Waals surface area contributed by atoms with Crippen molar-refractivity contribution in [3.8, 4) is 0 Å². The van der Waals surface area contributed by atoms with Crippen LogP contribution in [0.3, 0.4) is 0 Å². The quantitative estimate of drug-likeness (QED) is 0.658. The summed E-state index contributed by atoms with van der Waals surface area (Å²) < 4.78 is 26.8. The molecule has 2 aromatic carbocycles. The first-order valence-electron chi connectivity index (χ1n) is 9.48. The number of benzene rings is 2. The molecule has 1 heterocycles. The molecule has 0 saturated heterocycles. The average molecular weight is 427 g/mol. The van der Waals surface area contributed by atoms with E-state index in [1.54, 1.807) is 41.8 Å². The van der Waals surface area contributed by atoms with Crippen LogP contribution in [0.4, 0.5) is 5.69 Å². The summed E-state index contributed by atoms with van der Waals surface area (Å²) in [6, 6.07) is 18.2. The maximum Gasteiger partial charge on any atom is 0.273 e. The highest BCUT2D eigenvalue weighted by molar-refractivity contribution is 7.94. The van der Waals surface area contributed by atoms with Gasteiger partial charge >= 0.3 is 0 Å². The second-order valence-corrected chi connectivity index (χ2v) is 10.2. The Labute approximate surface area is 175 Å². The molecule has 0 fully saturated rings. The third-order valence-electron chi connectivity index (χ3n) is 5.28. The lowest BCUT2D eigenvalue weighted by Gasteiger charge is -2.26. The molecule has 0 saturated carbocycles. The number of thiophene rings is 1. The second kappa shape index (κ2) is 8.00. The predicted molar refractivity (Wildman–Crippen MR) is 116 cm³/mol. The third-order valence-corrected chi connectivity index (χ3v) is 8.44. The summed E-state index contributed by atoms with van der Waals surface area (Å²) in [6.07, 6.45) is 3.01. The molecule has 3 aromatic rings. The van der Waals surface area contributed by atoms with E-state index in [0.717, 1.165) is 19.3 Å². The van der Waals surface area contributed by atoms with Crippen molar-refractivity contribution in [1.29, 1.82) is 0 Å². The Bertz CT molecular complexity index is 1110. The summed E-state index contributed by atoms with van der Waals surface area (Å²) >= 11 is 1.18. The topological polar surface area (TPSA) is 66.5 Å². The number of carbonyl (C=O) groups excluding carboxylic acids is 1. The minimum absolute atomic E-state index is 0.00834. The van der Waals surface area contributed by atoms with E-state index in [2.05, 4.69) is 17.4 Å². The molecule has 1 N–H and O–H groups in total. The minimum atomic E-state index is -3.59. The summed E-state index contributed by atoms with van der Waals surface area (Å²) in [5, 5.41) is 4.86. The molecule has 0 aliphatic heterocycles. The van der Waals surface area contributed by atoms with Gasteiger partial charge in [0.25, 0.3) is 15.9 Å². The Morgan fingerprint density at radius 2 is 1.83 bits per heavy atom. The summed E-state index contributed by atoms with van der Waals surface area (Å²) in [4.78, 5) is 12.7. The summed E-state index contributed by atoms with van der Waals surface area (Å²) in [6.45, 7) is 0. The van der Waals surface area contributed by atoms with Gasteiger partial charge in [-0.2, -0.15) is 0 Å². The molecule has 150 valence electrons. The smallest absolute Gasteiger partial charge is 0.273 e. The largest absolute Gasteiger partial charge is 0.345 e. The lowest BCUT2D eigenvalue weighted by atomic mass is 9.87. The van der Waals surface area contributed by atoms with Crippen molar-refractivity contribution in [1.82, 2.24) is 5.32 Å². The Morgan fingerprint density at radius 3 is 2.55 bits per heavy atom. The molecule has 1 unspecified atom stereocenters. The van der Waals surface area contributed by atoms with Crippen LogP contribution in [-0.4, -0.2) is 21.4 Å². The van der Waals surface area contributed by atoms with E-state index < -0.39 is 10.0 Å². The highest BCUT2D eigenvalue weighted by Crippen LogP contribution is 2.30. The number of sulfonamides is 1. The molecule has 29 heavy (non-hydrogen) atoms. The van der Waals surface area contributed by atoms with Crippen molar-refractivity contribution in [2.45, 2.75) is 29.5 Å². The number of nitrogens with one attached hydrogen (secondary N) is 1. The molecule has 4 rings (SSSR count). The fourth-order valence-corrected chi connectivity index (χ4v) is 6.01. The number of carbonyl (C=O) groups is 1. The minimum Gasteiger partial charge on any atom is -0.345 e. The highest BCUT2D eigenvalue weighted by Gasteiger charge is 2.24. The van der Waals surface area contributed by atoms with Crippen LogP contribution in [0.1, 0.15) is 40.4 Å². The van der Waals surface area contributed by atoms with Crippen LogP contribution in [0.2, 0.25) is 0 Å². The first-order valence-corrected chi connectivity index (χ1v) is 11.8. The van der Waals surface area contributed by atoms with Gasteiger partial charge < -0.3 is 5.32 Å². The molecular formula is C22H22N2O3S2. The zero-order chi connectivity index (χ0) is 20.4. The Kier molecular flexibility index (Phi) is 5.43. The zero-order valence-electron chi connectivity index (χ0n) is 16.0. The van der Waals surface area contributed by atoms with Crippen LogP contribution < -0.4 is 9.62 Å². The molecule has 1 aliphatic rings. The van der Waals surface area contributed by atoms with Gasteiger partial charge in [0.05, 0.1) is 11.7 Å². The van der Waals surface area contributed by atoms with E-state index in [1.807, 2.05) is 12.1 Å². The normalized spacial score (nSPS) is 16.1. The van der Waals surface area contributed by atoms with Crippen molar-refractivity contribution in [2.75, 3.05) is 11.4 Å². The van der Waals surface area contributed by atoms with Gasteiger partial charge in [0.1, 0.15) is 4.21 Å². The first kappa shape index (κ1) is 19.7. The Hall–Kier alpha value is -2.64. The Balaban J connectivity index is 1.49. The van der Waals surface area contributed by atoms with Gasteiger partial charge in [0.2, 0.25) is 0 Å². The van der Waals surface area contributed by atoms with E-state index in [-0.39, 0.29) is 16.2 Å². The molecule has 0 spiro atoms. The maximum absolute atomic E-state index is 12.7. The molecule has 7 heteroatoms. The van der Waals surface area contributed by atoms with Crippen molar-refractivity contribution in [3.05, 3.63) is 82.7 Å². The van der Waals surface area contributed by atoms with Crippen LogP contribution in [-0.2, 0) is 16.4 Å². The average Bonchev–Trinajstić information content (AvgIpc) is 3.29. The van der Waals surface area contributed by atoms with E-state index in [1.165, 1.54) is 33.8 Å². The number of amides is 1. The van der Waals surface area contributed by atoms with Gasteiger partial charge in [-0.25, -0.2) is 8.42 Å². The van der Waals surface area contributed by atoms with Crippen molar-refractivity contribution >= 4 is 33.0 Å². The summed E-state index contributed by atoms with van der Waals surface area (Å²) in [5.41, 5.74) is 3.50. The van der Waals surface area contributed by atoms with Crippen molar-refractivity contribution in [2.24, 2.45) is 0 Å². The van der Waals surface area contributed by atoms with Crippen LogP contribution in [0, 0.1) is 0 Å². The van der Waals surface area contributed by atoms with Crippen LogP contribution in [0.5, 0.6) is 0 Å². The van der Waals surface area contributed by atoms with Gasteiger partial charge in [-0.15, -0.1) is 11.3 Å². The first-order chi connectivity index (χ1) is 14.0. The lowest BCUT2D eigenvalue weighted by Crippen LogP contribution is -2.31. The predicted octanol–water partition coefficient (Wildman–Crippen LogP) is 4.38. The van der Waals surface area contributed by atoms with E-state index >= 15 is 0 Å². The summed E-state index contributed by atoms with van der Waals surface area (Å²) in [5.74, 6) is -0.151. The van der Waals surface area contributed by atoms with Gasteiger partial charge in [-0.3, -0.25) is 9.10 Å². The van der Waals surface area contributed by atoms with Gasteiger partial charge in [0, 0.05) is 12.6 Å². The zero-order valence-corrected chi connectivity index (χ0v) is 17.7. The van der Waals surface area contributed by atoms with Crippen molar-refractivity contribution < 1.29 is 13.2 Å². The molecule has 1 amide bonds. The third kappa shape index (κ3) is 3.93. The standard InChI is InChI=1S/C22H22N2O3S2/c1-24(29(26,27)21-10-5-15-28-21)18-13-11-17(12-14-18)22(25)23-20-9-4-7-16-6-2-3-8-19(16)20/h2-3,5-6,8,10-15,20H,4,7,9H2,1H3,(H,23,25). The van der Waals surface area contributed by atoms with Crippen LogP contribution in [0.15, 0.2) is 70.3 Å². The number of nitrogens with zero attached hydrogens (tertiary/aromatic N) is 1. The van der Waals surface area contributed by atoms with Crippen LogP contribution in [0.25, 0.3) is 0 Å². The van der Waals surface area contributed by atoms with Gasteiger partial charge in [0.15, 0.2) is 0 Å². The number of rotatable bonds is 5. The molecule has 1 aliphatic carbocycles. The fourth-order valence-electron chi connectivity index (χ4n) is 3.65. The fraction of sp³-hybridized carbons (Fsp3) is 0.227. The maximum atomic E-state index is 12.7. The number of fused-ring (bicyclic) bond motifs is 1. The molecule has 0 bridgehead atoms. The highest BCUT2D eigenvalue weighted by atomic mass is 32.2. The SMILES string of the molecule is CN(c1ccc(C(=O)NC2CCCc3ccccc32)cc1)S(=O)(=O)c1cccs1. The molecule has 0 radical (unpaired) electrons. The summed E-state index contributed by atoms with van der Waals surface area (Å²) in [7, 11) is -2.07. The lowest BCUT2D eigenvalue weighted by molar-refractivity contribution is 0.0933. The number of hydrogen-bond acceptors (Lipinski definition) is 4. The Morgan fingerprint density at radius 1 is 1.07 bits per heavy atom. The van der Waals surface area contributed by atoms with E-state index in [0.29, 0.717) is 11.3 Å². The monoisotopic (exact) mass is 426 g/mol. The number of hydrogen-bond donors (Lipinski definition) is 1. The van der Waals surface area contributed by atoms with Crippen LogP contribution >= 0.6 is 11.3 Å². The van der Waals surface area contributed by atoms with E-state index in [9.17, 15) is 13.2 Å². The number of anilines is 1. The van der Waals surface area contributed by atoms with Crippen molar-refractivity contribution in [3.63, 3.8) is 0 Å².